The SMILES string of the molecule is CC(C)(C)c1nnc(-c2ccccc2)oc1=O. The summed E-state index contributed by atoms with van der Waals surface area (Å²) < 4.78 is 5.19. The molecular weight excluding hydrogens is 216 g/mol. The molecule has 0 N–H and O–H groups in total. The molecule has 0 fully saturated rings. The number of aromatic nitrogens is 2. The van der Waals surface area contributed by atoms with Gasteiger partial charge in [-0.05, 0) is 12.1 Å². The molecule has 0 atom stereocenters. The number of rotatable bonds is 1. The Morgan fingerprint density at radius 2 is 1.71 bits per heavy atom. The van der Waals surface area contributed by atoms with Gasteiger partial charge in [-0.15, -0.1) is 10.2 Å². The molecule has 0 radical (unpaired) electrons. The third-order valence-corrected chi connectivity index (χ3v) is 2.35. The topological polar surface area (TPSA) is 56.0 Å². The number of hydrogen-bond donors (Lipinski definition) is 0. The zero-order chi connectivity index (χ0) is 12.5. The molecule has 0 aliphatic carbocycles. The lowest BCUT2D eigenvalue weighted by Crippen LogP contribution is -2.25. The smallest absolute Gasteiger partial charge is 0.361 e. The zero-order valence-corrected chi connectivity index (χ0v) is 10.1. The molecule has 1 aromatic carbocycles. The first kappa shape index (κ1) is 11.5. The molecule has 1 heterocycles. The lowest BCUT2D eigenvalue weighted by Gasteiger charge is -2.14. The van der Waals surface area contributed by atoms with Gasteiger partial charge in [-0.1, -0.05) is 39.0 Å². The van der Waals surface area contributed by atoms with E-state index >= 15 is 0 Å². The van der Waals surface area contributed by atoms with Crippen LogP contribution in [0.2, 0.25) is 0 Å². The average molecular weight is 230 g/mol. The second-order valence-corrected chi connectivity index (χ2v) is 4.86. The van der Waals surface area contributed by atoms with Crippen LogP contribution in [-0.2, 0) is 5.41 Å². The Morgan fingerprint density at radius 3 is 2.24 bits per heavy atom. The summed E-state index contributed by atoms with van der Waals surface area (Å²) in [7, 11) is 0. The predicted molar refractivity (Wildman–Crippen MR) is 64.7 cm³/mol. The van der Waals surface area contributed by atoms with Gasteiger partial charge < -0.3 is 4.42 Å². The van der Waals surface area contributed by atoms with E-state index in [1.807, 2.05) is 51.1 Å². The highest BCUT2D eigenvalue weighted by Gasteiger charge is 2.22. The number of nitrogens with zero attached hydrogens (tertiary/aromatic N) is 2. The monoisotopic (exact) mass is 230 g/mol. The molecule has 0 spiro atoms. The van der Waals surface area contributed by atoms with E-state index in [0.29, 0.717) is 5.69 Å². The standard InChI is InChI=1S/C13H14N2O2/c1-13(2,3)10-12(16)17-11(15-14-10)9-7-5-4-6-8-9/h4-8H,1-3H3. The Kier molecular flexibility index (Phi) is 2.79. The van der Waals surface area contributed by atoms with Gasteiger partial charge in [0.25, 0.3) is 0 Å². The molecule has 2 aromatic rings. The van der Waals surface area contributed by atoms with Crippen LogP contribution in [0, 0.1) is 0 Å². The van der Waals surface area contributed by atoms with Gasteiger partial charge in [-0.3, -0.25) is 0 Å². The predicted octanol–water partition coefficient (Wildman–Crippen LogP) is 2.39. The Hall–Kier alpha value is -1.97. The molecule has 0 saturated heterocycles. The van der Waals surface area contributed by atoms with Crippen LogP contribution in [0.25, 0.3) is 11.5 Å². The Morgan fingerprint density at radius 1 is 1.06 bits per heavy atom. The van der Waals surface area contributed by atoms with Crippen molar-refractivity contribution < 1.29 is 4.42 Å². The summed E-state index contributed by atoms with van der Waals surface area (Å²) in [5.74, 6) is 0.253. The normalized spacial score (nSPS) is 11.5. The summed E-state index contributed by atoms with van der Waals surface area (Å²) in [4.78, 5) is 11.8. The number of benzene rings is 1. The van der Waals surface area contributed by atoms with Crippen molar-refractivity contribution in [1.82, 2.24) is 10.2 Å². The van der Waals surface area contributed by atoms with Crippen LogP contribution in [0.15, 0.2) is 39.5 Å². The van der Waals surface area contributed by atoms with Crippen molar-refractivity contribution in [3.05, 3.63) is 46.4 Å². The fraction of sp³-hybridized carbons (Fsp3) is 0.308. The fourth-order valence-electron chi connectivity index (χ4n) is 1.45. The second kappa shape index (κ2) is 4.13. The van der Waals surface area contributed by atoms with Crippen molar-refractivity contribution in [2.45, 2.75) is 26.2 Å². The van der Waals surface area contributed by atoms with Gasteiger partial charge in [0.2, 0.25) is 5.89 Å². The molecule has 2 rings (SSSR count). The maximum absolute atomic E-state index is 11.8. The average Bonchev–Trinajstić information content (AvgIpc) is 2.28. The van der Waals surface area contributed by atoms with Gasteiger partial charge in [-0.25, -0.2) is 4.79 Å². The molecule has 17 heavy (non-hydrogen) atoms. The lowest BCUT2D eigenvalue weighted by molar-refractivity contribution is 0.436. The molecule has 0 bridgehead atoms. The molecule has 0 amide bonds. The molecule has 0 aliphatic rings. The van der Waals surface area contributed by atoms with E-state index in [0.717, 1.165) is 5.56 Å². The fourth-order valence-corrected chi connectivity index (χ4v) is 1.45. The van der Waals surface area contributed by atoms with Crippen LogP contribution < -0.4 is 5.63 Å². The van der Waals surface area contributed by atoms with Crippen LogP contribution in [-0.4, -0.2) is 10.2 Å². The molecule has 4 nitrogen and oxygen atoms in total. The largest absolute Gasteiger partial charge is 0.401 e. The zero-order valence-electron chi connectivity index (χ0n) is 10.1. The summed E-state index contributed by atoms with van der Waals surface area (Å²) in [5, 5.41) is 7.93. The Bertz CT molecular complexity index is 568. The van der Waals surface area contributed by atoms with Crippen LogP contribution in [0.3, 0.4) is 0 Å². The number of hydrogen-bond acceptors (Lipinski definition) is 4. The van der Waals surface area contributed by atoms with Crippen molar-refractivity contribution >= 4 is 0 Å². The van der Waals surface area contributed by atoms with Crippen molar-refractivity contribution in [3.63, 3.8) is 0 Å². The van der Waals surface area contributed by atoms with Crippen LogP contribution in [0.1, 0.15) is 26.5 Å². The minimum absolute atomic E-state index is 0.253. The van der Waals surface area contributed by atoms with Gasteiger partial charge in [-0.2, -0.15) is 0 Å². The van der Waals surface area contributed by atoms with E-state index in [-0.39, 0.29) is 11.3 Å². The molecule has 1 aromatic heterocycles. The molecule has 0 saturated carbocycles. The minimum Gasteiger partial charge on any atom is -0.401 e. The third kappa shape index (κ3) is 2.41. The summed E-state index contributed by atoms with van der Waals surface area (Å²) in [6, 6.07) is 9.25. The Balaban J connectivity index is 2.49. The molecular formula is C13H14N2O2. The van der Waals surface area contributed by atoms with Crippen molar-refractivity contribution in [2.75, 3.05) is 0 Å². The van der Waals surface area contributed by atoms with Crippen LogP contribution >= 0.6 is 0 Å². The second-order valence-electron chi connectivity index (χ2n) is 4.86. The summed E-state index contributed by atoms with van der Waals surface area (Å²) >= 11 is 0. The maximum atomic E-state index is 11.8. The van der Waals surface area contributed by atoms with E-state index in [9.17, 15) is 4.79 Å². The summed E-state index contributed by atoms with van der Waals surface area (Å²) in [6.45, 7) is 5.70. The van der Waals surface area contributed by atoms with Crippen molar-refractivity contribution in [2.24, 2.45) is 0 Å². The maximum Gasteiger partial charge on any atom is 0.361 e. The van der Waals surface area contributed by atoms with Crippen molar-refractivity contribution in [3.8, 4) is 11.5 Å². The van der Waals surface area contributed by atoms with E-state index < -0.39 is 5.63 Å². The van der Waals surface area contributed by atoms with Gasteiger partial charge in [0, 0.05) is 11.0 Å². The third-order valence-electron chi connectivity index (χ3n) is 2.35. The van der Waals surface area contributed by atoms with Crippen molar-refractivity contribution in [1.29, 1.82) is 0 Å². The molecule has 4 heteroatoms. The Labute approximate surface area is 99.3 Å². The van der Waals surface area contributed by atoms with Gasteiger partial charge in [0.1, 0.15) is 0 Å². The van der Waals surface area contributed by atoms with E-state index in [1.165, 1.54) is 0 Å². The van der Waals surface area contributed by atoms with Crippen LogP contribution in [0.4, 0.5) is 0 Å². The van der Waals surface area contributed by atoms with Gasteiger partial charge >= 0.3 is 5.63 Å². The first-order chi connectivity index (χ1) is 7.98. The summed E-state index contributed by atoms with van der Waals surface area (Å²) in [6.07, 6.45) is 0. The highest BCUT2D eigenvalue weighted by atomic mass is 16.4. The van der Waals surface area contributed by atoms with Gasteiger partial charge in [0.15, 0.2) is 5.69 Å². The first-order valence-corrected chi connectivity index (χ1v) is 5.42. The van der Waals surface area contributed by atoms with E-state index in [1.54, 1.807) is 0 Å². The lowest BCUT2D eigenvalue weighted by atomic mass is 9.93. The van der Waals surface area contributed by atoms with E-state index in [4.69, 9.17) is 4.42 Å². The molecule has 0 aliphatic heterocycles. The first-order valence-electron chi connectivity index (χ1n) is 5.42. The highest BCUT2D eigenvalue weighted by Crippen LogP contribution is 2.18. The molecule has 88 valence electrons. The highest BCUT2D eigenvalue weighted by molar-refractivity contribution is 5.51. The molecule has 0 unspecified atom stereocenters. The van der Waals surface area contributed by atoms with E-state index in [2.05, 4.69) is 10.2 Å². The quantitative estimate of drug-likeness (QED) is 0.754. The summed E-state index contributed by atoms with van der Waals surface area (Å²) in [5.41, 5.74) is 0.309. The van der Waals surface area contributed by atoms with Crippen LogP contribution in [0.5, 0.6) is 0 Å². The van der Waals surface area contributed by atoms with Gasteiger partial charge in [0.05, 0.1) is 0 Å². The minimum atomic E-state index is -0.425.